The summed E-state index contributed by atoms with van der Waals surface area (Å²) in [5, 5.41) is 0. The van der Waals surface area contributed by atoms with Crippen molar-refractivity contribution in [3.8, 4) is 0 Å². The third-order valence-electron chi connectivity index (χ3n) is 2.70. The average Bonchev–Trinajstić information content (AvgIpc) is 2.32. The van der Waals surface area contributed by atoms with Gasteiger partial charge in [0, 0.05) is 13.1 Å². The van der Waals surface area contributed by atoms with Crippen molar-refractivity contribution in [1.82, 2.24) is 4.90 Å². The van der Waals surface area contributed by atoms with Gasteiger partial charge in [-0.3, -0.25) is 0 Å². The van der Waals surface area contributed by atoms with Gasteiger partial charge in [0.15, 0.2) is 0 Å². The average molecular weight is 221 g/mol. The Hall–Kier alpha value is -0.860. The lowest BCUT2D eigenvalue weighted by Crippen LogP contribution is -2.32. The summed E-state index contributed by atoms with van der Waals surface area (Å²) in [5.74, 6) is 0.659. The highest BCUT2D eigenvalue weighted by Crippen LogP contribution is 2.11. The number of hydrogen-bond donors (Lipinski definition) is 0. The van der Waals surface area contributed by atoms with Gasteiger partial charge in [0.1, 0.15) is 0 Å². The van der Waals surface area contributed by atoms with Crippen molar-refractivity contribution < 1.29 is 4.74 Å². The molecule has 0 atom stereocenters. The fourth-order valence-electron chi connectivity index (χ4n) is 1.49. The number of benzene rings is 1. The van der Waals surface area contributed by atoms with Crippen LogP contribution < -0.4 is 0 Å². The summed E-state index contributed by atoms with van der Waals surface area (Å²) >= 11 is 0. The first-order chi connectivity index (χ1) is 7.70. The SMILES string of the molecule is CC(C)c1ccccc1.CN1CCOCC1. The topological polar surface area (TPSA) is 12.5 Å². The van der Waals surface area contributed by atoms with Gasteiger partial charge in [-0.05, 0) is 18.5 Å². The molecule has 0 N–H and O–H groups in total. The molecule has 16 heavy (non-hydrogen) atoms. The van der Waals surface area contributed by atoms with Crippen LogP contribution in [0.1, 0.15) is 25.3 Å². The fourth-order valence-corrected chi connectivity index (χ4v) is 1.49. The van der Waals surface area contributed by atoms with Crippen molar-refractivity contribution in [2.24, 2.45) is 0 Å². The predicted molar refractivity (Wildman–Crippen MR) is 68.8 cm³/mol. The quantitative estimate of drug-likeness (QED) is 0.723. The molecule has 0 saturated carbocycles. The zero-order valence-corrected chi connectivity index (χ0v) is 10.6. The van der Waals surface area contributed by atoms with E-state index in [1.54, 1.807) is 0 Å². The summed E-state index contributed by atoms with van der Waals surface area (Å²) in [4.78, 5) is 2.27. The van der Waals surface area contributed by atoms with Crippen molar-refractivity contribution in [2.45, 2.75) is 19.8 Å². The summed E-state index contributed by atoms with van der Waals surface area (Å²) in [7, 11) is 2.11. The molecule has 0 amide bonds. The van der Waals surface area contributed by atoms with Gasteiger partial charge < -0.3 is 9.64 Å². The van der Waals surface area contributed by atoms with Crippen LogP contribution in [0.5, 0.6) is 0 Å². The Morgan fingerprint density at radius 1 is 1.06 bits per heavy atom. The number of likely N-dealkylation sites (N-methyl/N-ethyl adjacent to an activating group) is 1. The van der Waals surface area contributed by atoms with E-state index in [4.69, 9.17) is 4.74 Å². The van der Waals surface area contributed by atoms with E-state index in [1.807, 2.05) is 6.07 Å². The van der Waals surface area contributed by atoms with Gasteiger partial charge in [0.2, 0.25) is 0 Å². The highest BCUT2D eigenvalue weighted by Gasteiger charge is 2.02. The van der Waals surface area contributed by atoms with Crippen molar-refractivity contribution in [3.63, 3.8) is 0 Å². The number of morpholine rings is 1. The second-order valence-corrected chi connectivity index (χ2v) is 4.48. The van der Waals surface area contributed by atoms with Gasteiger partial charge in [-0.25, -0.2) is 0 Å². The molecular weight excluding hydrogens is 198 g/mol. The van der Waals surface area contributed by atoms with Crippen molar-refractivity contribution in [1.29, 1.82) is 0 Å². The molecule has 2 heteroatoms. The van der Waals surface area contributed by atoms with Crippen molar-refractivity contribution in [2.75, 3.05) is 33.4 Å². The Balaban J connectivity index is 0.000000165. The van der Waals surface area contributed by atoms with Gasteiger partial charge in [0.25, 0.3) is 0 Å². The van der Waals surface area contributed by atoms with Crippen LogP contribution >= 0.6 is 0 Å². The maximum Gasteiger partial charge on any atom is 0.0594 e. The van der Waals surface area contributed by atoms with Crippen LogP contribution in [0, 0.1) is 0 Å². The Labute approximate surface area is 99.2 Å². The van der Waals surface area contributed by atoms with Crippen LogP contribution in [0.2, 0.25) is 0 Å². The molecule has 1 aliphatic heterocycles. The van der Waals surface area contributed by atoms with Gasteiger partial charge in [-0.2, -0.15) is 0 Å². The first kappa shape index (κ1) is 13.2. The predicted octanol–water partition coefficient (Wildman–Crippen LogP) is 2.76. The van der Waals surface area contributed by atoms with Gasteiger partial charge in [-0.15, -0.1) is 0 Å². The molecule has 0 radical (unpaired) electrons. The lowest BCUT2D eigenvalue weighted by Gasteiger charge is -2.21. The Bertz CT molecular complexity index is 265. The summed E-state index contributed by atoms with van der Waals surface area (Å²) in [6.45, 7) is 8.43. The van der Waals surface area contributed by atoms with Crippen LogP contribution in [0.3, 0.4) is 0 Å². The van der Waals surface area contributed by atoms with Crippen molar-refractivity contribution in [3.05, 3.63) is 35.9 Å². The third kappa shape index (κ3) is 5.29. The van der Waals surface area contributed by atoms with E-state index in [9.17, 15) is 0 Å². The van der Waals surface area contributed by atoms with Gasteiger partial charge in [-0.1, -0.05) is 44.2 Å². The third-order valence-corrected chi connectivity index (χ3v) is 2.70. The molecule has 0 unspecified atom stereocenters. The molecule has 2 rings (SSSR count). The lowest BCUT2D eigenvalue weighted by molar-refractivity contribution is 0.0503. The van der Waals surface area contributed by atoms with Crippen LogP contribution in [-0.2, 0) is 4.74 Å². The van der Waals surface area contributed by atoms with Gasteiger partial charge in [0.05, 0.1) is 13.2 Å². The number of rotatable bonds is 1. The number of nitrogens with zero attached hydrogens (tertiary/aromatic N) is 1. The summed E-state index contributed by atoms with van der Waals surface area (Å²) in [5.41, 5.74) is 1.41. The summed E-state index contributed by atoms with van der Waals surface area (Å²) in [6, 6.07) is 10.5. The normalized spacial score (nSPS) is 16.8. The summed E-state index contributed by atoms with van der Waals surface area (Å²) < 4.78 is 5.10. The molecule has 1 fully saturated rings. The molecule has 90 valence electrons. The van der Waals surface area contributed by atoms with Crippen LogP contribution in [0.15, 0.2) is 30.3 Å². The lowest BCUT2D eigenvalue weighted by atomic mass is 10.0. The largest absolute Gasteiger partial charge is 0.379 e. The van der Waals surface area contributed by atoms with Crippen molar-refractivity contribution >= 4 is 0 Å². The molecule has 1 saturated heterocycles. The molecule has 0 bridgehead atoms. The fraction of sp³-hybridized carbons (Fsp3) is 0.571. The number of hydrogen-bond acceptors (Lipinski definition) is 2. The molecule has 1 heterocycles. The minimum Gasteiger partial charge on any atom is -0.379 e. The Morgan fingerprint density at radius 3 is 1.94 bits per heavy atom. The van der Waals surface area contributed by atoms with E-state index in [-0.39, 0.29) is 0 Å². The second kappa shape index (κ2) is 7.42. The first-order valence-corrected chi connectivity index (χ1v) is 6.01. The minimum atomic E-state index is 0.659. The highest BCUT2D eigenvalue weighted by molar-refractivity contribution is 5.17. The van der Waals surface area contributed by atoms with E-state index in [0.29, 0.717) is 5.92 Å². The maximum atomic E-state index is 5.10. The molecular formula is C14H23NO. The summed E-state index contributed by atoms with van der Waals surface area (Å²) in [6.07, 6.45) is 0. The molecule has 1 aliphatic rings. The number of ether oxygens (including phenoxy) is 1. The molecule has 0 aliphatic carbocycles. The smallest absolute Gasteiger partial charge is 0.0594 e. The van der Waals surface area contributed by atoms with E-state index < -0.39 is 0 Å². The van der Waals surface area contributed by atoms with Crippen LogP contribution in [0.4, 0.5) is 0 Å². The molecule has 0 spiro atoms. The second-order valence-electron chi connectivity index (χ2n) is 4.48. The molecule has 1 aromatic carbocycles. The van der Waals surface area contributed by atoms with Crippen LogP contribution in [0.25, 0.3) is 0 Å². The zero-order valence-electron chi connectivity index (χ0n) is 10.6. The van der Waals surface area contributed by atoms with E-state index in [2.05, 4.69) is 50.1 Å². The standard InChI is InChI=1S/C9H12.C5H11NO/c1-8(2)9-6-4-3-5-7-9;1-6-2-4-7-5-3-6/h3-8H,1-2H3;2-5H2,1H3. The molecule has 0 aromatic heterocycles. The monoisotopic (exact) mass is 221 g/mol. The highest BCUT2D eigenvalue weighted by atomic mass is 16.5. The zero-order chi connectivity index (χ0) is 11.8. The van der Waals surface area contributed by atoms with Gasteiger partial charge >= 0.3 is 0 Å². The van der Waals surface area contributed by atoms with E-state index in [0.717, 1.165) is 26.3 Å². The minimum absolute atomic E-state index is 0.659. The van der Waals surface area contributed by atoms with E-state index in [1.165, 1.54) is 5.56 Å². The molecule has 2 nitrogen and oxygen atoms in total. The Kier molecular flexibility index (Phi) is 6.12. The first-order valence-electron chi connectivity index (χ1n) is 6.01. The molecule has 1 aromatic rings. The Morgan fingerprint density at radius 2 is 1.62 bits per heavy atom. The van der Waals surface area contributed by atoms with E-state index >= 15 is 0 Å². The van der Waals surface area contributed by atoms with Crippen LogP contribution in [-0.4, -0.2) is 38.3 Å². The maximum absolute atomic E-state index is 5.10.